The highest BCUT2D eigenvalue weighted by Gasteiger charge is 2.38. The average Bonchev–Trinajstić information content (AvgIpc) is 2.83. The Hall–Kier alpha value is -3.19. The number of esters is 1. The molecule has 3 rings (SSSR count). The lowest BCUT2D eigenvalue weighted by Gasteiger charge is -2.28. The largest absolute Gasteiger partial charge is 0.493 e. The first kappa shape index (κ1) is 26.4. The Morgan fingerprint density at radius 2 is 1.97 bits per heavy atom. The van der Waals surface area contributed by atoms with Crippen molar-refractivity contribution >= 4 is 27.8 Å². The van der Waals surface area contributed by atoms with E-state index in [0.29, 0.717) is 21.5 Å². The number of methoxy groups -OCH3 is 1. The SMILES string of the molecule is CCOC(=O)C1=C(C)OC(N)=C(C#N)C1c1cc(OC)c(OCC(=O)NC2CCCCC2)cc1Br. The van der Waals surface area contributed by atoms with Gasteiger partial charge in [0.05, 0.1) is 25.2 Å². The van der Waals surface area contributed by atoms with E-state index in [9.17, 15) is 14.9 Å². The Bertz CT molecular complexity index is 1090. The van der Waals surface area contributed by atoms with Gasteiger partial charge < -0.3 is 30.0 Å². The van der Waals surface area contributed by atoms with Crippen LogP contribution in [0.2, 0.25) is 0 Å². The summed E-state index contributed by atoms with van der Waals surface area (Å²) in [7, 11) is 1.47. The van der Waals surface area contributed by atoms with Crippen LogP contribution in [-0.4, -0.2) is 38.2 Å². The van der Waals surface area contributed by atoms with Crippen molar-refractivity contribution in [2.45, 2.75) is 57.9 Å². The summed E-state index contributed by atoms with van der Waals surface area (Å²) in [5.74, 6) is -0.835. The first-order valence-electron chi connectivity index (χ1n) is 11.6. The number of nitrogens with zero attached hydrogens (tertiary/aromatic N) is 1. The number of nitriles is 1. The quantitative estimate of drug-likeness (QED) is 0.467. The Kier molecular flexibility index (Phi) is 9.04. The van der Waals surface area contributed by atoms with Gasteiger partial charge >= 0.3 is 5.97 Å². The third-order valence-corrected chi connectivity index (χ3v) is 6.71. The molecule has 0 bridgehead atoms. The Morgan fingerprint density at radius 1 is 1.26 bits per heavy atom. The summed E-state index contributed by atoms with van der Waals surface area (Å²) in [5, 5.41) is 12.8. The van der Waals surface area contributed by atoms with Crippen molar-refractivity contribution in [2.24, 2.45) is 5.73 Å². The molecule has 9 nitrogen and oxygen atoms in total. The number of rotatable bonds is 8. The Balaban J connectivity index is 1.90. The van der Waals surface area contributed by atoms with Gasteiger partial charge in [0.2, 0.25) is 5.88 Å². The number of halogens is 1. The number of ether oxygens (including phenoxy) is 4. The molecule has 188 valence electrons. The van der Waals surface area contributed by atoms with Gasteiger partial charge in [-0.1, -0.05) is 35.2 Å². The van der Waals surface area contributed by atoms with Crippen molar-refractivity contribution in [3.63, 3.8) is 0 Å². The van der Waals surface area contributed by atoms with Crippen LogP contribution in [0.25, 0.3) is 0 Å². The maximum Gasteiger partial charge on any atom is 0.338 e. The van der Waals surface area contributed by atoms with Crippen LogP contribution in [0, 0.1) is 11.3 Å². The predicted molar refractivity (Wildman–Crippen MR) is 131 cm³/mol. The first-order chi connectivity index (χ1) is 16.8. The molecule has 0 saturated heterocycles. The zero-order valence-electron chi connectivity index (χ0n) is 20.1. The van der Waals surface area contributed by atoms with Crippen LogP contribution in [0.5, 0.6) is 11.5 Å². The number of allylic oxidation sites excluding steroid dienone is 2. The van der Waals surface area contributed by atoms with Gasteiger partial charge in [-0.2, -0.15) is 5.26 Å². The fraction of sp³-hybridized carbons (Fsp3) is 0.480. The molecule has 1 amide bonds. The van der Waals surface area contributed by atoms with E-state index in [1.54, 1.807) is 26.0 Å². The van der Waals surface area contributed by atoms with Gasteiger partial charge in [-0.05, 0) is 44.4 Å². The minimum atomic E-state index is -0.847. The molecular weight excluding hydrogens is 518 g/mol. The third kappa shape index (κ3) is 6.09. The summed E-state index contributed by atoms with van der Waals surface area (Å²) in [4.78, 5) is 25.2. The van der Waals surface area contributed by atoms with E-state index in [1.165, 1.54) is 13.5 Å². The van der Waals surface area contributed by atoms with Gasteiger partial charge in [-0.25, -0.2) is 4.79 Å². The summed E-state index contributed by atoms with van der Waals surface area (Å²) >= 11 is 3.52. The summed E-state index contributed by atoms with van der Waals surface area (Å²) in [6.45, 7) is 3.27. The number of benzene rings is 1. The second-order valence-electron chi connectivity index (χ2n) is 8.33. The summed E-state index contributed by atoms with van der Waals surface area (Å²) in [6.07, 6.45) is 5.40. The fourth-order valence-corrected chi connectivity index (χ4v) is 4.92. The van der Waals surface area contributed by atoms with Crippen LogP contribution >= 0.6 is 15.9 Å². The van der Waals surface area contributed by atoms with E-state index in [2.05, 4.69) is 21.2 Å². The number of carbonyl (C=O) groups is 2. The molecule has 0 radical (unpaired) electrons. The van der Waals surface area contributed by atoms with Gasteiger partial charge in [0.1, 0.15) is 17.4 Å². The van der Waals surface area contributed by atoms with Crippen LogP contribution in [-0.2, 0) is 19.1 Å². The van der Waals surface area contributed by atoms with Crippen molar-refractivity contribution in [3.8, 4) is 17.6 Å². The lowest BCUT2D eigenvalue weighted by Crippen LogP contribution is -2.39. The Labute approximate surface area is 213 Å². The monoisotopic (exact) mass is 547 g/mol. The number of hydrogen-bond donors (Lipinski definition) is 2. The zero-order valence-corrected chi connectivity index (χ0v) is 21.7. The lowest BCUT2D eigenvalue weighted by atomic mass is 9.83. The van der Waals surface area contributed by atoms with Gasteiger partial charge in [-0.3, -0.25) is 4.79 Å². The first-order valence-corrected chi connectivity index (χ1v) is 12.3. The predicted octanol–water partition coefficient (Wildman–Crippen LogP) is 3.93. The number of amides is 1. The summed E-state index contributed by atoms with van der Waals surface area (Å²) in [5.41, 5.74) is 6.76. The highest BCUT2D eigenvalue weighted by Crippen LogP contribution is 2.45. The van der Waals surface area contributed by atoms with Gasteiger partial charge in [-0.15, -0.1) is 0 Å². The Morgan fingerprint density at radius 3 is 2.60 bits per heavy atom. The standard InChI is InChI=1S/C25H30BrN3O6/c1-4-33-25(31)22-14(2)35-24(28)17(12-27)23(22)16-10-19(32-3)20(11-18(16)26)34-13-21(30)29-15-8-6-5-7-9-15/h10-11,15,23H,4-9,13,28H2,1-3H3,(H,29,30). The molecule has 1 aromatic carbocycles. The number of carbonyl (C=O) groups excluding carboxylic acids is 2. The van der Waals surface area contributed by atoms with E-state index in [4.69, 9.17) is 24.7 Å². The molecule has 1 atom stereocenters. The smallest absolute Gasteiger partial charge is 0.338 e. The van der Waals surface area contributed by atoms with Crippen LogP contribution < -0.4 is 20.5 Å². The maximum atomic E-state index is 12.8. The number of nitrogens with one attached hydrogen (secondary N) is 1. The van der Waals surface area contributed by atoms with Crippen LogP contribution in [0.1, 0.15) is 57.4 Å². The average molecular weight is 548 g/mol. The fourth-order valence-electron chi connectivity index (χ4n) is 4.37. The maximum absolute atomic E-state index is 12.8. The topological polar surface area (TPSA) is 133 Å². The van der Waals surface area contributed by atoms with Crippen molar-refractivity contribution in [3.05, 3.63) is 45.0 Å². The van der Waals surface area contributed by atoms with E-state index < -0.39 is 11.9 Å². The number of hydrogen-bond acceptors (Lipinski definition) is 8. The molecule has 3 N–H and O–H groups in total. The van der Waals surface area contributed by atoms with E-state index in [-0.39, 0.29) is 48.0 Å². The third-order valence-electron chi connectivity index (χ3n) is 6.02. The van der Waals surface area contributed by atoms with E-state index in [1.807, 2.05) is 6.07 Å². The highest BCUT2D eigenvalue weighted by molar-refractivity contribution is 9.10. The van der Waals surface area contributed by atoms with Crippen LogP contribution in [0.3, 0.4) is 0 Å². The summed E-state index contributed by atoms with van der Waals surface area (Å²) in [6, 6.07) is 5.52. The molecule has 1 fully saturated rings. The number of nitrogens with two attached hydrogens (primary N) is 1. The van der Waals surface area contributed by atoms with Crippen molar-refractivity contribution in [1.29, 1.82) is 5.26 Å². The lowest BCUT2D eigenvalue weighted by molar-refractivity contribution is -0.139. The molecule has 1 aliphatic heterocycles. The summed E-state index contributed by atoms with van der Waals surface area (Å²) < 4.78 is 22.5. The highest BCUT2D eigenvalue weighted by atomic mass is 79.9. The molecule has 1 aliphatic carbocycles. The molecule has 1 aromatic rings. The molecular formula is C25H30BrN3O6. The molecule has 0 spiro atoms. The van der Waals surface area contributed by atoms with E-state index >= 15 is 0 Å². The van der Waals surface area contributed by atoms with Crippen LogP contribution in [0.4, 0.5) is 0 Å². The van der Waals surface area contributed by atoms with Gasteiger partial charge in [0, 0.05) is 10.5 Å². The second-order valence-corrected chi connectivity index (χ2v) is 9.19. The minimum absolute atomic E-state index is 0.0712. The molecule has 10 heteroatoms. The molecule has 1 saturated carbocycles. The zero-order chi connectivity index (χ0) is 25.5. The molecule has 0 aromatic heterocycles. The van der Waals surface area contributed by atoms with Crippen molar-refractivity contribution < 1.29 is 28.5 Å². The molecule has 1 heterocycles. The molecule has 35 heavy (non-hydrogen) atoms. The van der Waals surface area contributed by atoms with Crippen molar-refractivity contribution in [1.82, 2.24) is 5.32 Å². The van der Waals surface area contributed by atoms with Crippen LogP contribution in [0.15, 0.2) is 39.4 Å². The van der Waals surface area contributed by atoms with Gasteiger partial charge in [0.25, 0.3) is 5.91 Å². The normalized spacial score (nSPS) is 18.4. The molecule has 1 unspecified atom stereocenters. The van der Waals surface area contributed by atoms with E-state index in [0.717, 1.165) is 25.7 Å². The van der Waals surface area contributed by atoms with Crippen molar-refractivity contribution in [2.75, 3.05) is 20.3 Å². The van der Waals surface area contributed by atoms with Gasteiger partial charge in [0.15, 0.2) is 18.1 Å². The molecule has 2 aliphatic rings. The minimum Gasteiger partial charge on any atom is -0.493 e. The second kappa shape index (κ2) is 12.0.